The Morgan fingerprint density at radius 2 is 1.83 bits per heavy atom. The van der Waals surface area contributed by atoms with Crippen LogP contribution in [0.3, 0.4) is 0 Å². The second-order valence-corrected chi connectivity index (χ2v) is 7.94. The molecule has 5 heteroatoms. The lowest BCUT2D eigenvalue weighted by Gasteiger charge is -2.02. The summed E-state index contributed by atoms with van der Waals surface area (Å²) in [6.07, 6.45) is 16.2. The zero-order valence-corrected chi connectivity index (χ0v) is 18.2. The number of carbonyl (C=O) groups excluding carboxylic acids is 1. The molecule has 2 aromatic rings. The van der Waals surface area contributed by atoms with Crippen molar-refractivity contribution >= 4 is 17.6 Å². The molecule has 0 fully saturated rings. The Morgan fingerprint density at radius 3 is 2.53 bits per heavy atom. The van der Waals surface area contributed by atoms with Gasteiger partial charge < -0.3 is 19.5 Å². The summed E-state index contributed by atoms with van der Waals surface area (Å²) in [6.45, 7) is 1.68. The normalized spacial score (nSPS) is 14.8. The fourth-order valence-corrected chi connectivity index (χ4v) is 3.72. The third kappa shape index (κ3) is 6.61. The maximum absolute atomic E-state index is 10.9. The Hall–Kier alpha value is -2.82. The van der Waals surface area contributed by atoms with Gasteiger partial charge in [0.05, 0.1) is 18.5 Å². The van der Waals surface area contributed by atoms with Crippen LogP contribution in [0.15, 0.2) is 53.0 Å². The van der Waals surface area contributed by atoms with E-state index in [0.717, 1.165) is 47.8 Å². The minimum atomic E-state index is 0.311. The van der Waals surface area contributed by atoms with E-state index in [0.29, 0.717) is 5.78 Å². The average molecular weight is 408 g/mol. The molecule has 2 N–H and O–H groups in total. The predicted octanol–water partition coefficient (Wildman–Crippen LogP) is 5.97. The summed E-state index contributed by atoms with van der Waals surface area (Å²) in [5, 5.41) is 0. The van der Waals surface area contributed by atoms with Gasteiger partial charge in [0.1, 0.15) is 17.2 Å². The minimum absolute atomic E-state index is 0.311. The average Bonchev–Trinajstić information content (AvgIpc) is 3.47. The largest absolute Gasteiger partial charge is 0.494 e. The Balaban J connectivity index is 1.42. The summed E-state index contributed by atoms with van der Waals surface area (Å²) in [5.41, 5.74) is 5.01. The van der Waals surface area contributed by atoms with Gasteiger partial charge in [-0.15, -0.1) is 0 Å². The molecule has 0 spiro atoms. The maximum Gasteiger partial charge on any atom is 0.146 e. The molecule has 1 aliphatic rings. The van der Waals surface area contributed by atoms with Gasteiger partial charge in [-0.1, -0.05) is 32.1 Å². The molecule has 0 saturated heterocycles. The number of aryl methyl sites for hydroxylation is 1. The van der Waals surface area contributed by atoms with Crippen molar-refractivity contribution in [2.24, 2.45) is 4.99 Å². The number of unbranched alkanes of at least 4 members (excludes halogenated alkanes) is 6. The van der Waals surface area contributed by atoms with Crippen molar-refractivity contribution in [1.82, 2.24) is 9.97 Å². The van der Waals surface area contributed by atoms with Crippen molar-refractivity contribution in [3.63, 3.8) is 0 Å². The number of nitrogens with zero attached hydrogens (tertiary/aromatic N) is 1. The highest BCUT2D eigenvalue weighted by Gasteiger charge is 2.17. The number of ketones is 1. The molecule has 0 aliphatic carbocycles. The van der Waals surface area contributed by atoms with Gasteiger partial charge in [0.15, 0.2) is 0 Å². The molecule has 30 heavy (non-hydrogen) atoms. The third-order valence-corrected chi connectivity index (χ3v) is 5.39. The number of allylic oxidation sites excluding steroid dienone is 1. The molecule has 0 unspecified atom stereocenters. The summed E-state index contributed by atoms with van der Waals surface area (Å²) in [7, 11) is 1.68. The van der Waals surface area contributed by atoms with E-state index in [9.17, 15) is 4.79 Å². The van der Waals surface area contributed by atoms with Gasteiger partial charge in [0.25, 0.3) is 0 Å². The minimum Gasteiger partial charge on any atom is -0.494 e. The second kappa shape index (κ2) is 11.4. The molecule has 1 aliphatic heterocycles. The van der Waals surface area contributed by atoms with E-state index >= 15 is 0 Å². The van der Waals surface area contributed by atoms with Crippen LogP contribution in [0.25, 0.3) is 6.08 Å². The van der Waals surface area contributed by atoms with Crippen LogP contribution in [-0.2, 0) is 16.0 Å². The van der Waals surface area contributed by atoms with E-state index in [-0.39, 0.29) is 0 Å². The number of H-pyrrole nitrogens is 2. The van der Waals surface area contributed by atoms with Crippen molar-refractivity contribution in [1.29, 1.82) is 0 Å². The van der Waals surface area contributed by atoms with Crippen molar-refractivity contribution in [3.05, 3.63) is 65.1 Å². The van der Waals surface area contributed by atoms with Gasteiger partial charge >= 0.3 is 0 Å². The number of rotatable bonds is 13. The number of hydrogen-bond acceptors (Lipinski definition) is 3. The van der Waals surface area contributed by atoms with E-state index < -0.39 is 0 Å². The van der Waals surface area contributed by atoms with Crippen molar-refractivity contribution < 1.29 is 9.53 Å². The van der Waals surface area contributed by atoms with Crippen molar-refractivity contribution in [2.75, 3.05) is 7.11 Å². The lowest BCUT2D eigenvalue weighted by atomic mass is 10.1. The van der Waals surface area contributed by atoms with Gasteiger partial charge in [-0.05, 0) is 56.5 Å². The molecular weight excluding hydrogens is 374 g/mol. The Kier molecular flexibility index (Phi) is 8.30. The van der Waals surface area contributed by atoms with Crippen LogP contribution in [0.2, 0.25) is 0 Å². The highest BCUT2D eigenvalue weighted by molar-refractivity contribution is 6.11. The van der Waals surface area contributed by atoms with Crippen LogP contribution in [0.4, 0.5) is 0 Å². The number of methoxy groups -OCH3 is 1. The Morgan fingerprint density at radius 1 is 1.07 bits per heavy atom. The smallest absolute Gasteiger partial charge is 0.146 e. The lowest BCUT2D eigenvalue weighted by molar-refractivity contribution is -0.117. The number of carbonyl (C=O) groups is 1. The molecule has 0 bridgehead atoms. The monoisotopic (exact) mass is 407 g/mol. The van der Waals surface area contributed by atoms with Gasteiger partial charge in [0.2, 0.25) is 0 Å². The molecule has 0 radical (unpaired) electrons. The van der Waals surface area contributed by atoms with E-state index in [1.807, 2.05) is 30.5 Å². The molecular formula is C25H33N3O2. The zero-order chi connectivity index (χ0) is 21.2. The van der Waals surface area contributed by atoms with E-state index in [1.54, 1.807) is 14.0 Å². The number of Topliss-reactive ketones (excluding diaryl/α,β-unsaturated/α-hetero) is 1. The molecule has 0 aromatic carbocycles. The molecule has 0 amide bonds. The molecule has 5 nitrogen and oxygen atoms in total. The predicted molar refractivity (Wildman–Crippen MR) is 123 cm³/mol. The first kappa shape index (κ1) is 21.9. The van der Waals surface area contributed by atoms with Crippen LogP contribution < -0.4 is 0 Å². The summed E-state index contributed by atoms with van der Waals surface area (Å²) in [4.78, 5) is 22.3. The van der Waals surface area contributed by atoms with E-state index in [1.165, 1.54) is 44.2 Å². The number of ether oxygens (including phenoxy) is 1. The fourth-order valence-electron chi connectivity index (χ4n) is 3.72. The summed E-state index contributed by atoms with van der Waals surface area (Å²) >= 11 is 0. The zero-order valence-electron chi connectivity index (χ0n) is 18.2. The van der Waals surface area contributed by atoms with Gasteiger partial charge in [-0.2, -0.15) is 0 Å². The van der Waals surface area contributed by atoms with E-state index in [4.69, 9.17) is 9.73 Å². The van der Waals surface area contributed by atoms with Crippen LogP contribution in [0.1, 0.15) is 75.4 Å². The summed E-state index contributed by atoms with van der Waals surface area (Å²) in [5.74, 6) is 1.09. The summed E-state index contributed by atoms with van der Waals surface area (Å²) in [6, 6.07) is 8.23. The van der Waals surface area contributed by atoms with Crippen molar-refractivity contribution in [2.45, 2.75) is 64.7 Å². The second-order valence-electron chi connectivity index (χ2n) is 7.94. The van der Waals surface area contributed by atoms with Gasteiger partial charge in [-0.25, -0.2) is 4.99 Å². The van der Waals surface area contributed by atoms with Crippen molar-refractivity contribution in [3.8, 4) is 0 Å². The first-order chi connectivity index (χ1) is 14.7. The first-order valence-electron chi connectivity index (χ1n) is 11.0. The Labute approximate surface area is 179 Å². The topological polar surface area (TPSA) is 70.2 Å². The number of aromatic nitrogens is 2. The van der Waals surface area contributed by atoms with Gasteiger partial charge in [-0.3, -0.25) is 0 Å². The summed E-state index contributed by atoms with van der Waals surface area (Å²) < 4.78 is 5.50. The van der Waals surface area contributed by atoms with Gasteiger partial charge in [0, 0.05) is 30.1 Å². The van der Waals surface area contributed by atoms with E-state index in [2.05, 4.69) is 22.1 Å². The highest BCUT2D eigenvalue weighted by atomic mass is 16.5. The van der Waals surface area contributed by atoms with Crippen LogP contribution >= 0.6 is 0 Å². The quantitative estimate of drug-likeness (QED) is 0.402. The van der Waals surface area contributed by atoms with Crippen LogP contribution in [0.5, 0.6) is 0 Å². The molecule has 160 valence electrons. The molecule has 0 saturated carbocycles. The molecule has 0 atom stereocenters. The maximum atomic E-state index is 10.9. The van der Waals surface area contributed by atoms with Crippen LogP contribution in [0, 0.1) is 0 Å². The SMILES string of the molecule is COC1=CC(c2ccc[nH]2)=N/C1=C/c1ccc(CCCCCCCCCC(C)=O)[nH]1. The lowest BCUT2D eigenvalue weighted by Crippen LogP contribution is -1.93. The first-order valence-corrected chi connectivity index (χ1v) is 11.0. The fraction of sp³-hybridized carbons (Fsp3) is 0.440. The third-order valence-electron chi connectivity index (χ3n) is 5.39. The highest BCUT2D eigenvalue weighted by Crippen LogP contribution is 2.24. The number of hydrogen-bond donors (Lipinski definition) is 2. The number of nitrogens with one attached hydrogen (secondary N) is 2. The standard InChI is InChI=1S/C25H33N3O2/c1-19(29)11-8-6-4-3-5-7-9-12-20-14-15-21(27-20)17-24-25(30-2)18-23(28-24)22-13-10-16-26-22/h10,13-18,26-27H,3-9,11-12H2,1-2H3/b24-17+. The number of aliphatic imine (C=N–C) groups is 1. The molecule has 2 aromatic heterocycles. The molecule has 3 rings (SSSR count). The Bertz CT molecular complexity index is 901. The van der Waals surface area contributed by atoms with Crippen LogP contribution in [-0.4, -0.2) is 28.6 Å². The number of aromatic amines is 2. The molecule has 3 heterocycles.